The van der Waals surface area contributed by atoms with Crippen molar-refractivity contribution in [2.45, 2.75) is 39.2 Å². The van der Waals surface area contributed by atoms with Crippen molar-refractivity contribution in [3.8, 4) is 11.5 Å². The van der Waals surface area contributed by atoms with Gasteiger partial charge >= 0.3 is 0 Å². The van der Waals surface area contributed by atoms with Gasteiger partial charge in [-0.2, -0.15) is 0 Å². The van der Waals surface area contributed by atoms with Gasteiger partial charge in [0.1, 0.15) is 5.75 Å². The Labute approximate surface area is 125 Å². The summed E-state index contributed by atoms with van der Waals surface area (Å²) in [7, 11) is 0. The maximum Gasteiger partial charge on any atom is 0.166 e. The Hall–Kier alpha value is -1.87. The SMILES string of the molecule is CCC(C)c1ccc(Oc2ccc([C@@H](C)N)cc2F)cc1. The molecule has 0 aromatic heterocycles. The highest BCUT2D eigenvalue weighted by Crippen LogP contribution is 2.28. The predicted octanol–water partition coefficient (Wildman–Crippen LogP) is 5.15. The summed E-state index contributed by atoms with van der Waals surface area (Å²) in [5, 5.41) is 0. The topological polar surface area (TPSA) is 35.2 Å². The molecule has 2 atom stereocenters. The molecule has 0 aliphatic carbocycles. The molecule has 2 nitrogen and oxygen atoms in total. The van der Waals surface area contributed by atoms with E-state index < -0.39 is 5.82 Å². The molecule has 2 rings (SSSR count). The lowest BCUT2D eigenvalue weighted by molar-refractivity contribution is 0.441. The van der Waals surface area contributed by atoms with Crippen LogP contribution in [-0.2, 0) is 0 Å². The molecule has 0 saturated heterocycles. The molecule has 112 valence electrons. The molecule has 1 unspecified atom stereocenters. The Morgan fingerprint density at radius 2 is 1.67 bits per heavy atom. The van der Waals surface area contributed by atoms with Crippen LogP contribution in [0.25, 0.3) is 0 Å². The lowest BCUT2D eigenvalue weighted by Gasteiger charge is -2.12. The van der Waals surface area contributed by atoms with E-state index in [1.54, 1.807) is 12.1 Å². The van der Waals surface area contributed by atoms with E-state index in [0.29, 0.717) is 11.7 Å². The molecular weight excluding hydrogens is 265 g/mol. The lowest BCUT2D eigenvalue weighted by atomic mass is 9.99. The molecule has 0 radical (unpaired) electrons. The maximum absolute atomic E-state index is 14.0. The van der Waals surface area contributed by atoms with Crippen molar-refractivity contribution < 1.29 is 9.13 Å². The van der Waals surface area contributed by atoms with Crippen LogP contribution in [0, 0.1) is 5.82 Å². The molecule has 0 fully saturated rings. The van der Waals surface area contributed by atoms with Crippen LogP contribution in [0.4, 0.5) is 4.39 Å². The van der Waals surface area contributed by atoms with Gasteiger partial charge in [0.05, 0.1) is 0 Å². The highest BCUT2D eigenvalue weighted by atomic mass is 19.1. The van der Waals surface area contributed by atoms with Crippen LogP contribution in [0.3, 0.4) is 0 Å². The number of rotatable bonds is 5. The van der Waals surface area contributed by atoms with Gasteiger partial charge in [0.2, 0.25) is 0 Å². The van der Waals surface area contributed by atoms with E-state index in [-0.39, 0.29) is 11.8 Å². The molecule has 3 heteroatoms. The second kappa shape index (κ2) is 6.72. The second-order valence-electron chi connectivity index (χ2n) is 5.46. The quantitative estimate of drug-likeness (QED) is 0.825. The van der Waals surface area contributed by atoms with Crippen LogP contribution in [0.15, 0.2) is 42.5 Å². The molecule has 0 aliphatic rings. The summed E-state index contributed by atoms with van der Waals surface area (Å²) in [5.41, 5.74) is 7.75. The second-order valence-corrected chi connectivity index (χ2v) is 5.46. The van der Waals surface area contributed by atoms with Crippen LogP contribution >= 0.6 is 0 Å². The molecule has 0 bridgehead atoms. The van der Waals surface area contributed by atoms with E-state index in [9.17, 15) is 4.39 Å². The van der Waals surface area contributed by atoms with E-state index in [4.69, 9.17) is 10.5 Å². The summed E-state index contributed by atoms with van der Waals surface area (Å²) < 4.78 is 19.6. The van der Waals surface area contributed by atoms with Crippen molar-refractivity contribution >= 4 is 0 Å². The number of benzene rings is 2. The Balaban J connectivity index is 2.15. The van der Waals surface area contributed by atoms with E-state index >= 15 is 0 Å². The largest absolute Gasteiger partial charge is 0.454 e. The fourth-order valence-corrected chi connectivity index (χ4v) is 2.11. The van der Waals surface area contributed by atoms with Gasteiger partial charge in [-0.3, -0.25) is 0 Å². The van der Waals surface area contributed by atoms with Crippen molar-refractivity contribution in [1.82, 2.24) is 0 Å². The van der Waals surface area contributed by atoms with Crippen molar-refractivity contribution in [2.75, 3.05) is 0 Å². The fourth-order valence-electron chi connectivity index (χ4n) is 2.11. The monoisotopic (exact) mass is 287 g/mol. The molecule has 0 spiro atoms. The first-order chi connectivity index (χ1) is 10.0. The highest BCUT2D eigenvalue weighted by molar-refractivity contribution is 5.36. The molecule has 0 heterocycles. The number of nitrogens with two attached hydrogens (primary N) is 1. The minimum absolute atomic E-state index is 0.191. The molecule has 2 N–H and O–H groups in total. The molecule has 2 aromatic rings. The maximum atomic E-state index is 14.0. The van der Waals surface area contributed by atoms with E-state index in [1.807, 2.05) is 31.2 Å². The van der Waals surface area contributed by atoms with Crippen LogP contribution < -0.4 is 10.5 Å². The van der Waals surface area contributed by atoms with Crippen LogP contribution in [0.2, 0.25) is 0 Å². The highest BCUT2D eigenvalue weighted by Gasteiger charge is 2.09. The van der Waals surface area contributed by atoms with Gasteiger partial charge in [-0.05, 0) is 54.7 Å². The molecular formula is C18H22FNO. The smallest absolute Gasteiger partial charge is 0.166 e. The van der Waals surface area contributed by atoms with Crippen molar-refractivity contribution in [1.29, 1.82) is 0 Å². The van der Waals surface area contributed by atoms with Gasteiger partial charge in [0, 0.05) is 6.04 Å². The minimum atomic E-state index is -0.393. The molecule has 0 saturated carbocycles. The van der Waals surface area contributed by atoms with Crippen LogP contribution in [0.5, 0.6) is 11.5 Å². The molecule has 0 aliphatic heterocycles. The zero-order chi connectivity index (χ0) is 15.4. The Morgan fingerprint density at radius 3 is 2.19 bits per heavy atom. The fraction of sp³-hybridized carbons (Fsp3) is 0.333. The van der Waals surface area contributed by atoms with Crippen LogP contribution in [0.1, 0.15) is 50.3 Å². The van der Waals surface area contributed by atoms with Gasteiger partial charge in [-0.25, -0.2) is 4.39 Å². The average Bonchev–Trinajstić information content (AvgIpc) is 2.49. The zero-order valence-corrected chi connectivity index (χ0v) is 12.8. The number of halogens is 1. The summed E-state index contributed by atoms with van der Waals surface area (Å²) in [6, 6.07) is 12.4. The first-order valence-corrected chi connectivity index (χ1v) is 7.34. The van der Waals surface area contributed by atoms with Crippen molar-refractivity contribution in [2.24, 2.45) is 5.73 Å². The summed E-state index contributed by atoms with van der Waals surface area (Å²) in [5.74, 6) is 0.974. The summed E-state index contributed by atoms with van der Waals surface area (Å²) >= 11 is 0. The average molecular weight is 287 g/mol. The Morgan fingerprint density at radius 1 is 1.05 bits per heavy atom. The van der Waals surface area contributed by atoms with Gasteiger partial charge in [-0.15, -0.1) is 0 Å². The van der Waals surface area contributed by atoms with E-state index in [0.717, 1.165) is 12.0 Å². The molecule has 0 amide bonds. The predicted molar refractivity (Wildman–Crippen MR) is 84.2 cm³/mol. The Kier molecular flexibility index (Phi) is 4.97. The minimum Gasteiger partial charge on any atom is -0.454 e. The van der Waals surface area contributed by atoms with Gasteiger partial charge < -0.3 is 10.5 Å². The van der Waals surface area contributed by atoms with Gasteiger partial charge in [-0.1, -0.05) is 32.0 Å². The molecule has 2 aromatic carbocycles. The van der Waals surface area contributed by atoms with Gasteiger partial charge in [0.15, 0.2) is 11.6 Å². The zero-order valence-electron chi connectivity index (χ0n) is 12.8. The van der Waals surface area contributed by atoms with Crippen molar-refractivity contribution in [3.63, 3.8) is 0 Å². The van der Waals surface area contributed by atoms with Crippen LogP contribution in [-0.4, -0.2) is 0 Å². The number of hydrogen-bond donors (Lipinski definition) is 1. The number of hydrogen-bond acceptors (Lipinski definition) is 2. The standard InChI is InChI=1S/C18H22FNO/c1-4-12(2)14-5-8-16(9-6-14)21-18-10-7-15(13(3)20)11-17(18)19/h5-13H,4,20H2,1-3H3/t12?,13-/m1/s1. The summed E-state index contributed by atoms with van der Waals surface area (Å²) in [6.07, 6.45) is 1.09. The third kappa shape index (κ3) is 3.82. The lowest BCUT2D eigenvalue weighted by Crippen LogP contribution is -2.05. The van der Waals surface area contributed by atoms with E-state index in [1.165, 1.54) is 11.6 Å². The molecule has 21 heavy (non-hydrogen) atoms. The Bertz CT molecular complexity index is 593. The first kappa shape index (κ1) is 15.5. The van der Waals surface area contributed by atoms with Gasteiger partial charge in [0.25, 0.3) is 0 Å². The number of ether oxygens (including phenoxy) is 1. The first-order valence-electron chi connectivity index (χ1n) is 7.34. The third-order valence-electron chi connectivity index (χ3n) is 3.77. The van der Waals surface area contributed by atoms with E-state index in [2.05, 4.69) is 13.8 Å². The van der Waals surface area contributed by atoms with Crippen molar-refractivity contribution in [3.05, 3.63) is 59.4 Å². The summed E-state index contributed by atoms with van der Waals surface area (Å²) in [4.78, 5) is 0. The summed E-state index contributed by atoms with van der Waals surface area (Å²) in [6.45, 7) is 6.16. The third-order valence-corrected chi connectivity index (χ3v) is 3.77. The normalized spacial score (nSPS) is 13.8.